The number of alkyl halides is 3. The largest absolute Gasteiger partial charge is 0.480 e. The monoisotopic (exact) mass is 503 g/mol. The second kappa shape index (κ2) is 10.6. The molecule has 1 aliphatic carbocycles. The van der Waals surface area contributed by atoms with Gasteiger partial charge in [-0.25, -0.2) is 13.1 Å². The maximum Gasteiger partial charge on any atom is 0.416 e. The highest BCUT2D eigenvalue weighted by Crippen LogP contribution is 2.37. The molecule has 0 saturated heterocycles. The minimum absolute atomic E-state index is 0.171. The average molecular weight is 504 g/mol. The topological polar surface area (TPSA) is 120 Å². The molecule has 7 nitrogen and oxygen atoms in total. The third-order valence-corrected chi connectivity index (χ3v) is 7.19. The lowest BCUT2D eigenvalue weighted by Gasteiger charge is -2.31. The summed E-state index contributed by atoms with van der Waals surface area (Å²) >= 11 is 0. The molecule has 11 heteroatoms. The molecular formula is C23H32F3N3O4S. The summed E-state index contributed by atoms with van der Waals surface area (Å²) in [7, 11) is -4.36. The van der Waals surface area contributed by atoms with E-state index in [1.54, 1.807) is 6.92 Å². The number of carboxylic acids is 1. The van der Waals surface area contributed by atoms with Crippen LogP contribution < -0.4 is 4.72 Å². The van der Waals surface area contributed by atoms with E-state index in [-0.39, 0.29) is 16.9 Å². The van der Waals surface area contributed by atoms with Gasteiger partial charge in [-0.1, -0.05) is 27.7 Å². The fourth-order valence-corrected chi connectivity index (χ4v) is 5.68. The zero-order valence-electron chi connectivity index (χ0n) is 19.7. The lowest BCUT2D eigenvalue weighted by molar-refractivity contribution is -0.138. The van der Waals surface area contributed by atoms with E-state index in [1.807, 2.05) is 20.8 Å². The second-order valence-corrected chi connectivity index (χ2v) is 11.7. The summed E-state index contributed by atoms with van der Waals surface area (Å²) in [5, 5.41) is 16.6. The van der Waals surface area contributed by atoms with Crippen LogP contribution in [0.4, 0.5) is 13.2 Å². The highest BCUT2D eigenvalue weighted by atomic mass is 32.2. The van der Waals surface area contributed by atoms with Crippen molar-refractivity contribution in [2.24, 2.45) is 16.3 Å². The summed E-state index contributed by atoms with van der Waals surface area (Å²) in [5.74, 6) is -2.23. The number of nitrogens with zero attached hydrogens (tertiary/aromatic N) is 1. The Hall–Kier alpha value is -2.27. The zero-order valence-corrected chi connectivity index (χ0v) is 20.6. The smallest absolute Gasteiger partial charge is 0.416 e. The number of hydrogen-bond donors (Lipinski definition) is 3. The molecule has 34 heavy (non-hydrogen) atoms. The van der Waals surface area contributed by atoms with Crippen LogP contribution in [0.2, 0.25) is 0 Å². The molecule has 0 heterocycles. The molecule has 0 amide bonds. The summed E-state index contributed by atoms with van der Waals surface area (Å²) in [6, 6.07) is 2.08. The first kappa shape index (κ1) is 28.0. The van der Waals surface area contributed by atoms with E-state index in [4.69, 9.17) is 10.5 Å². The number of carbonyl (C=O) groups is 1. The van der Waals surface area contributed by atoms with Crippen LogP contribution in [0, 0.1) is 16.7 Å². The predicted molar refractivity (Wildman–Crippen MR) is 124 cm³/mol. The van der Waals surface area contributed by atoms with E-state index in [0.29, 0.717) is 37.5 Å². The van der Waals surface area contributed by atoms with Gasteiger partial charge >= 0.3 is 12.1 Å². The van der Waals surface area contributed by atoms with Gasteiger partial charge in [-0.15, -0.1) is 0 Å². The summed E-state index contributed by atoms with van der Waals surface area (Å²) < 4.78 is 69.6. The van der Waals surface area contributed by atoms with Crippen molar-refractivity contribution in [1.82, 2.24) is 4.72 Å². The number of halogens is 3. The first-order chi connectivity index (χ1) is 15.5. The molecule has 0 aromatic heterocycles. The van der Waals surface area contributed by atoms with Gasteiger partial charge in [0, 0.05) is 23.9 Å². The molecule has 1 aliphatic rings. The number of aliphatic imine (C=N–C) groups is 1. The quantitative estimate of drug-likeness (QED) is 0.439. The van der Waals surface area contributed by atoms with Crippen LogP contribution >= 0.6 is 0 Å². The van der Waals surface area contributed by atoms with Crippen molar-refractivity contribution in [3.05, 3.63) is 29.3 Å². The van der Waals surface area contributed by atoms with Crippen LogP contribution in [-0.4, -0.2) is 44.0 Å². The molecule has 0 aliphatic heterocycles. The number of rotatable bonds is 8. The maximum absolute atomic E-state index is 13.6. The van der Waals surface area contributed by atoms with Crippen LogP contribution in [-0.2, 0) is 21.0 Å². The first-order valence-corrected chi connectivity index (χ1v) is 12.5. The molecule has 2 rings (SSSR count). The highest BCUT2D eigenvalue weighted by molar-refractivity contribution is 7.89. The van der Waals surface area contributed by atoms with Gasteiger partial charge < -0.3 is 10.5 Å². The van der Waals surface area contributed by atoms with Gasteiger partial charge in [0.15, 0.2) is 0 Å². The van der Waals surface area contributed by atoms with Crippen molar-refractivity contribution >= 4 is 27.9 Å². The molecule has 0 spiro atoms. The number of carboxylic acid groups (broad SMARTS) is 1. The number of hydrogen-bond acceptors (Lipinski definition) is 5. The van der Waals surface area contributed by atoms with Crippen molar-refractivity contribution in [3.8, 4) is 0 Å². The Labute approximate surface area is 198 Å². The Morgan fingerprint density at radius 2 is 1.94 bits per heavy atom. The normalized spacial score (nSPS) is 21.9. The van der Waals surface area contributed by atoms with E-state index in [1.165, 1.54) is 6.07 Å². The molecule has 0 bridgehead atoms. The van der Waals surface area contributed by atoms with E-state index in [9.17, 15) is 26.4 Å². The minimum atomic E-state index is -4.72. The van der Waals surface area contributed by atoms with Crippen LogP contribution in [0.15, 0.2) is 28.1 Å². The molecule has 0 radical (unpaired) electrons. The van der Waals surface area contributed by atoms with Crippen molar-refractivity contribution in [2.75, 3.05) is 6.54 Å². The molecule has 3 unspecified atom stereocenters. The molecule has 1 aromatic rings. The van der Waals surface area contributed by atoms with E-state index in [0.717, 1.165) is 12.3 Å². The SMILES string of the molecule is CC(CC(C)(C)C)c1cc(C(F)(F)F)cc(S(=O)(=O)NC2CCCC(=NCC(=O)O)C2C=N)c1. The summed E-state index contributed by atoms with van der Waals surface area (Å²) in [6.07, 6.45) is -1.90. The van der Waals surface area contributed by atoms with Crippen LogP contribution in [0.1, 0.15) is 70.4 Å². The Morgan fingerprint density at radius 1 is 1.29 bits per heavy atom. The van der Waals surface area contributed by atoms with Gasteiger partial charge in [-0.3, -0.25) is 9.79 Å². The predicted octanol–water partition coefficient (Wildman–Crippen LogP) is 4.87. The summed E-state index contributed by atoms with van der Waals surface area (Å²) in [6.45, 7) is 7.14. The molecule has 3 N–H and O–H groups in total. The Balaban J connectivity index is 2.44. The minimum Gasteiger partial charge on any atom is -0.480 e. The average Bonchev–Trinajstić information content (AvgIpc) is 2.69. The van der Waals surface area contributed by atoms with E-state index >= 15 is 0 Å². The fourth-order valence-electron chi connectivity index (χ4n) is 4.31. The van der Waals surface area contributed by atoms with Gasteiger partial charge in [0.1, 0.15) is 6.54 Å². The number of aliphatic carboxylic acids is 1. The molecular weight excluding hydrogens is 471 g/mol. The van der Waals surface area contributed by atoms with Gasteiger partial charge in [-0.2, -0.15) is 13.2 Å². The zero-order chi connectivity index (χ0) is 25.9. The van der Waals surface area contributed by atoms with E-state index in [2.05, 4.69) is 9.71 Å². The van der Waals surface area contributed by atoms with Crippen molar-refractivity contribution < 1.29 is 31.5 Å². The highest BCUT2D eigenvalue weighted by Gasteiger charge is 2.36. The van der Waals surface area contributed by atoms with Gasteiger partial charge in [0.05, 0.1) is 10.5 Å². The van der Waals surface area contributed by atoms with Gasteiger partial charge in [0.2, 0.25) is 10.0 Å². The summed E-state index contributed by atoms with van der Waals surface area (Å²) in [4.78, 5) is 14.3. The van der Waals surface area contributed by atoms with Crippen molar-refractivity contribution in [3.63, 3.8) is 0 Å². The Morgan fingerprint density at radius 3 is 2.47 bits per heavy atom. The van der Waals surface area contributed by atoms with Crippen LogP contribution in [0.3, 0.4) is 0 Å². The third kappa shape index (κ3) is 7.63. The van der Waals surface area contributed by atoms with Crippen LogP contribution in [0.5, 0.6) is 0 Å². The molecule has 1 fully saturated rings. The lowest BCUT2D eigenvalue weighted by Crippen LogP contribution is -2.46. The van der Waals surface area contributed by atoms with Crippen molar-refractivity contribution in [2.45, 2.75) is 76.4 Å². The lowest BCUT2D eigenvalue weighted by atomic mass is 9.82. The number of sulfonamides is 1. The fraction of sp³-hybridized carbons (Fsp3) is 0.609. The first-order valence-electron chi connectivity index (χ1n) is 11.0. The van der Waals surface area contributed by atoms with Gasteiger partial charge in [-0.05, 0) is 60.8 Å². The summed E-state index contributed by atoms with van der Waals surface area (Å²) in [5.41, 5.74) is -0.543. The second-order valence-electron chi connectivity index (χ2n) is 9.97. The third-order valence-electron chi connectivity index (χ3n) is 5.72. The Bertz CT molecular complexity index is 1050. The molecule has 3 atom stereocenters. The standard InChI is InChI=1S/C23H32F3N3O4S/c1-14(11-22(2,3)4)15-8-16(23(24,25)26)10-17(9-15)34(32,33)29-20-7-5-6-19(18(20)12-27)28-13-21(30)31/h8-10,12,14,18,20,27,29H,5-7,11,13H2,1-4H3,(H,30,31). The maximum atomic E-state index is 13.6. The van der Waals surface area contributed by atoms with Crippen molar-refractivity contribution in [1.29, 1.82) is 5.41 Å². The molecule has 1 saturated carbocycles. The Kier molecular flexibility index (Phi) is 8.68. The number of nitrogens with one attached hydrogen (secondary N) is 2. The number of benzene rings is 1. The molecule has 1 aromatic carbocycles. The van der Waals surface area contributed by atoms with E-state index < -0.39 is 51.1 Å². The molecule has 190 valence electrons. The van der Waals surface area contributed by atoms with Gasteiger partial charge in [0.25, 0.3) is 0 Å². The van der Waals surface area contributed by atoms with Crippen LogP contribution in [0.25, 0.3) is 0 Å².